The van der Waals surface area contributed by atoms with Gasteiger partial charge in [0.2, 0.25) is 0 Å². The van der Waals surface area contributed by atoms with E-state index in [-0.39, 0.29) is 0 Å². The predicted molar refractivity (Wildman–Crippen MR) is 219 cm³/mol. The highest BCUT2D eigenvalue weighted by molar-refractivity contribution is 6.24. The Labute approximate surface area is 328 Å². The fraction of sp³-hybridized carbons (Fsp3) is 0. The van der Waals surface area contributed by atoms with E-state index in [0.717, 1.165) is 32.6 Å². The van der Waals surface area contributed by atoms with Crippen molar-refractivity contribution >= 4 is 49.3 Å². The molecule has 0 saturated carbocycles. The van der Waals surface area contributed by atoms with Gasteiger partial charge in [-0.25, -0.2) is 24.9 Å². The molecule has 0 aliphatic carbocycles. The molecule has 0 fully saturated rings. The largest absolute Gasteiger partial charge is 0.373 e. The van der Waals surface area contributed by atoms with Crippen LogP contribution in [0.1, 0.15) is 5.56 Å². The first-order valence-corrected chi connectivity index (χ1v) is 18.2. The van der Waals surface area contributed by atoms with Gasteiger partial charge in [0.15, 0.2) is 5.82 Å². The number of fused-ring (bicyclic) bond motifs is 4. The predicted octanol–water partition coefficient (Wildman–Crippen LogP) is 7.73. The molecule has 0 radical (unpaired) electrons. The molecule has 0 saturated heterocycles. The van der Waals surface area contributed by atoms with Crippen LogP contribution in [0.5, 0.6) is 0 Å². The minimum absolute atomic E-state index is 0.363. The highest BCUT2D eigenvalue weighted by atomic mass is 16.7. The van der Waals surface area contributed by atoms with Crippen LogP contribution in [0.4, 0.5) is 0 Å². The minimum atomic E-state index is 0.363. The lowest BCUT2D eigenvalue weighted by molar-refractivity contribution is 0.135. The Morgan fingerprint density at radius 2 is 1.26 bits per heavy atom. The molecule has 272 valence electrons. The van der Waals surface area contributed by atoms with Gasteiger partial charge >= 0.3 is 0 Å². The first kappa shape index (κ1) is 32.9. The molecule has 1 aliphatic heterocycles. The smallest absolute Gasteiger partial charge is 0.181 e. The van der Waals surface area contributed by atoms with Crippen molar-refractivity contribution < 1.29 is 4.84 Å². The molecule has 0 spiro atoms. The Morgan fingerprint density at radius 3 is 2.09 bits per heavy atom. The van der Waals surface area contributed by atoms with E-state index >= 15 is 0 Å². The van der Waals surface area contributed by atoms with E-state index in [1.54, 1.807) is 36.9 Å². The molecule has 7 heterocycles. The van der Waals surface area contributed by atoms with Crippen LogP contribution in [0.25, 0.3) is 100 Å². The lowest BCUT2D eigenvalue weighted by Gasteiger charge is -2.22. The van der Waals surface area contributed by atoms with Crippen LogP contribution in [0.3, 0.4) is 0 Å². The van der Waals surface area contributed by atoms with Gasteiger partial charge in [0.1, 0.15) is 28.7 Å². The Bertz CT molecular complexity index is 3300. The summed E-state index contributed by atoms with van der Waals surface area (Å²) in [6.45, 7) is 0. The number of para-hydroxylation sites is 2. The molecular formula is C44H25N13O. The molecule has 58 heavy (non-hydrogen) atoms. The maximum absolute atomic E-state index is 5.61. The Morgan fingerprint density at radius 1 is 0.483 bits per heavy atom. The second-order valence-electron chi connectivity index (χ2n) is 13.3. The van der Waals surface area contributed by atoms with E-state index in [9.17, 15) is 0 Å². The van der Waals surface area contributed by atoms with Gasteiger partial charge in [-0.2, -0.15) is 10.2 Å². The lowest BCUT2D eigenvalue weighted by Crippen LogP contribution is -2.16. The third-order valence-corrected chi connectivity index (χ3v) is 9.93. The molecule has 0 bridgehead atoms. The number of hydrazone groups is 1. The number of benzene rings is 4. The van der Waals surface area contributed by atoms with Gasteiger partial charge in [-0.05, 0) is 53.1 Å². The average molecular weight is 752 g/mol. The summed E-state index contributed by atoms with van der Waals surface area (Å²) in [6.07, 6.45) is 10.0. The van der Waals surface area contributed by atoms with Crippen molar-refractivity contribution in [3.05, 3.63) is 152 Å². The molecule has 0 unspecified atom stereocenters. The number of hydrogen-bond acceptors (Lipinski definition) is 14. The van der Waals surface area contributed by atoms with E-state index in [2.05, 4.69) is 36.3 Å². The Kier molecular flexibility index (Phi) is 7.74. The number of rotatable bonds is 6. The van der Waals surface area contributed by atoms with Gasteiger partial charge in [0.25, 0.3) is 0 Å². The Hall–Kier alpha value is -8.52. The van der Waals surface area contributed by atoms with Crippen molar-refractivity contribution in [1.82, 2.24) is 61.1 Å². The molecule has 6 aromatic heterocycles. The van der Waals surface area contributed by atoms with E-state index in [1.165, 1.54) is 6.26 Å². The van der Waals surface area contributed by atoms with Gasteiger partial charge in [0, 0.05) is 63.1 Å². The maximum atomic E-state index is 5.61. The summed E-state index contributed by atoms with van der Waals surface area (Å²) in [7, 11) is 0. The fourth-order valence-corrected chi connectivity index (χ4v) is 7.39. The molecule has 0 amide bonds. The minimum Gasteiger partial charge on any atom is -0.373 e. The SMILES string of the molecule is C1=CC(c2c(-c3cccnn3)c(-c3ccnnn3)c(-c3ccc4ccccc4n3)c3nc(-c4nccc5ccccc45)c(-c4ncc5ccccc5n4)nc23)=NNO1. The summed E-state index contributed by atoms with van der Waals surface area (Å²) in [6, 6.07) is 35.3. The summed E-state index contributed by atoms with van der Waals surface area (Å²) < 4.78 is 0. The summed E-state index contributed by atoms with van der Waals surface area (Å²) in [5, 5.41) is 30.0. The van der Waals surface area contributed by atoms with Gasteiger partial charge in [0.05, 0.1) is 45.7 Å². The van der Waals surface area contributed by atoms with Crippen molar-refractivity contribution in [2.45, 2.75) is 0 Å². The monoisotopic (exact) mass is 751 g/mol. The average Bonchev–Trinajstić information content (AvgIpc) is 3.30. The topological polar surface area (TPSA) is 175 Å². The van der Waals surface area contributed by atoms with Crippen LogP contribution < -0.4 is 5.59 Å². The second kappa shape index (κ2) is 13.6. The molecule has 14 nitrogen and oxygen atoms in total. The van der Waals surface area contributed by atoms with E-state index < -0.39 is 0 Å². The summed E-state index contributed by atoms with van der Waals surface area (Å²) >= 11 is 0. The van der Waals surface area contributed by atoms with Crippen molar-refractivity contribution in [2.75, 3.05) is 0 Å². The second-order valence-corrected chi connectivity index (χ2v) is 13.3. The molecule has 4 aromatic carbocycles. The molecule has 11 rings (SSSR count). The van der Waals surface area contributed by atoms with Crippen LogP contribution in [-0.4, -0.2) is 61.2 Å². The molecule has 14 heteroatoms. The zero-order chi connectivity index (χ0) is 38.4. The normalized spacial score (nSPS) is 12.4. The van der Waals surface area contributed by atoms with Crippen LogP contribution in [0.2, 0.25) is 0 Å². The van der Waals surface area contributed by atoms with Crippen molar-refractivity contribution in [2.24, 2.45) is 5.10 Å². The van der Waals surface area contributed by atoms with Gasteiger partial charge in [-0.3, -0.25) is 4.98 Å². The molecule has 1 aliphatic rings. The first-order chi connectivity index (χ1) is 28.8. The number of nitrogens with one attached hydrogen (secondary N) is 1. The lowest BCUT2D eigenvalue weighted by atomic mass is 9.85. The van der Waals surface area contributed by atoms with Crippen LogP contribution >= 0.6 is 0 Å². The van der Waals surface area contributed by atoms with Crippen LogP contribution in [0.15, 0.2) is 151 Å². The highest BCUT2D eigenvalue weighted by Gasteiger charge is 2.32. The quantitative estimate of drug-likeness (QED) is 0.175. The van der Waals surface area contributed by atoms with E-state index in [1.807, 2.05) is 103 Å². The maximum Gasteiger partial charge on any atom is 0.181 e. The molecule has 0 atom stereocenters. The third kappa shape index (κ3) is 5.51. The van der Waals surface area contributed by atoms with Crippen LogP contribution in [-0.2, 0) is 4.84 Å². The summed E-state index contributed by atoms with van der Waals surface area (Å²) in [5.41, 5.74) is 11.1. The summed E-state index contributed by atoms with van der Waals surface area (Å²) in [4.78, 5) is 36.6. The number of pyridine rings is 2. The molecule has 1 N–H and O–H groups in total. The number of hydrogen-bond donors (Lipinski definition) is 1. The zero-order valence-electron chi connectivity index (χ0n) is 30.1. The van der Waals surface area contributed by atoms with Crippen molar-refractivity contribution in [3.8, 4) is 56.7 Å². The Balaban J connectivity index is 1.38. The summed E-state index contributed by atoms with van der Waals surface area (Å²) in [5.74, 6) is 0.363. The third-order valence-electron chi connectivity index (χ3n) is 9.93. The van der Waals surface area contributed by atoms with E-state index in [0.29, 0.717) is 79.0 Å². The number of allylic oxidation sites excluding steroid dienone is 1. The zero-order valence-corrected chi connectivity index (χ0v) is 30.1. The number of nitrogens with zero attached hydrogens (tertiary/aromatic N) is 12. The van der Waals surface area contributed by atoms with Gasteiger partial charge in [-0.1, -0.05) is 66.7 Å². The van der Waals surface area contributed by atoms with Gasteiger partial charge < -0.3 is 4.84 Å². The van der Waals surface area contributed by atoms with E-state index in [4.69, 9.17) is 34.7 Å². The molecule has 10 aromatic rings. The standard InChI is InChI=1S/C44H25N13O/c1-4-11-28-25(8-1)17-21-45-39(28)42-43(44-46-24-27-10-3-6-13-30(27)50-44)52-41-38(34-19-23-58-57-55-34)35(32-14-7-20-47-53-32)36(33-18-22-48-56-54-33)37(40(41)51-42)31-16-15-26-9-2-5-12-29(26)49-31/h1-24,57H. The molecular weight excluding hydrogens is 727 g/mol. The number of aromatic nitrogens is 11. The fourth-order valence-electron chi connectivity index (χ4n) is 7.39. The highest BCUT2D eigenvalue weighted by Crippen LogP contribution is 2.47. The van der Waals surface area contributed by atoms with Crippen LogP contribution in [0, 0.1) is 0 Å². The first-order valence-electron chi connectivity index (χ1n) is 18.2. The van der Waals surface area contributed by atoms with Crippen molar-refractivity contribution in [3.63, 3.8) is 0 Å². The van der Waals surface area contributed by atoms with Crippen molar-refractivity contribution in [1.29, 1.82) is 0 Å². The van der Waals surface area contributed by atoms with Gasteiger partial charge in [-0.15, -0.1) is 20.9 Å².